The van der Waals surface area contributed by atoms with Gasteiger partial charge >= 0.3 is 0 Å². The van der Waals surface area contributed by atoms with Crippen molar-refractivity contribution < 1.29 is 4.74 Å². The quantitative estimate of drug-likeness (QED) is 0.319. The molecule has 0 amide bonds. The molecule has 6 rings (SSSR count). The third kappa shape index (κ3) is 3.81. The van der Waals surface area contributed by atoms with Crippen LogP contribution in [0.1, 0.15) is 5.56 Å². The fraction of sp³-hybridized carbons (Fsp3) is 0.160. The average molecular weight is 438 g/mol. The van der Waals surface area contributed by atoms with E-state index in [0.29, 0.717) is 19.0 Å². The number of nitrogens with zero attached hydrogens (tertiary/aromatic N) is 5. The molecule has 1 aliphatic heterocycles. The molecule has 0 spiro atoms. The smallest absolute Gasteiger partial charge is 0.160 e. The largest absolute Gasteiger partial charge is 0.378 e. The van der Waals surface area contributed by atoms with Crippen LogP contribution in [0.4, 0.5) is 11.6 Å². The van der Waals surface area contributed by atoms with Crippen molar-refractivity contribution in [2.24, 2.45) is 5.10 Å². The standard InChI is InChI=1S/C25H23N7O/c1-2-5-18(6-3-1)21-15-23-28-22(16-24(32(23)30-21)31-11-13-33-14-12-31)29-27-17-20-8-4-7-19-9-10-26-25(19)20/h1-10,15-17,26H,11-14H2,(H,28,29). The molecule has 1 aliphatic rings. The van der Waals surface area contributed by atoms with Gasteiger partial charge in [0.15, 0.2) is 11.5 Å². The number of anilines is 2. The lowest BCUT2D eigenvalue weighted by atomic mass is 10.2. The second kappa shape index (κ2) is 8.40. The van der Waals surface area contributed by atoms with Crippen molar-refractivity contribution in [3.63, 3.8) is 0 Å². The SMILES string of the molecule is C(=NNc1cc(N2CCOCC2)n2nc(-c3ccccc3)cc2n1)c1cccc2cc[nH]c12. The Morgan fingerprint density at radius 1 is 1.00 bits per heavy atom. The molecule has 8 heteroatoms. The third-order valence-corrected chi connectivity index (χ3v) is 5.82. The minimum Gasteiger partial charge on any atom is -0.378 e. The Morgan fingerprint density at radius 3 is 2.76 bits per heavy atom. The van der Waals surface area contributed by atoms with Crippen LogP contribution >= 0.6 is 0 Å². The Balaban J connectivity index is 1.36. The molecule has 1 saturated heterocycles. The molecule has 0 atom stereocenters. The summed E-state index contributed by atoms with van der Waals surface area (Å²) in [6.07, 6.45) is 3.74. The summed E-state index contributed by atoms with van der Waals surface area (Å²) >= 11 is 0. The summed E-state index contributed by atoms with van der Waals surface area (Å²) in [5.74, 6) is 1.63. The fourth-order valence-electron chi connectivity index (χ4n) is 4.17. The van der Waals surface area contributed by atoms with E-state index in [2.05, 4.69) is 38.6 Å². The number of benzene rings is 2. The maximum atomic E-state index is 5.55. The third-order valence-electron chi connectivity index (χ3n) is 5.82. The van der Waals surface area contributed by atoms with Crippen molar-refractivity contribution in [3.8, 4) is 11.3 Å². The number of aromatic nitrogens is 4. The van der Waals surface area contributed by atoms with Gasteiger partial charge in [-0.2, -0.15) is 14.7 Å². The van der Waals surface area contributed by atoms with E-state index in [0.717, 1.165) is 52.3 Å². The van der Waals surface area contributed by atoms with Crippen LogP contribution in [0.2, 0.25) is 0 Å². The molecular formula is C25H23N7O. The van der Waals surface area contributed by atoms with Crippen LogP contribution in [0.3, 0.4) is 0 Å². The molecular weight excluding hydrogens is 414 g/mol. The number of rotatable bonds is 5. The molecule has 2 N–H and O–H groups in total. The van der Waals surface area contributed by atoms with Crippen LogP contribution in [0.25, 0.3) is 27.8 Å². The normalized spacial score (nSPS) is 14.5. The number of aromatic amines is 1. The van der Waals surface area contributed by atoms with E-state index < -0.39 is 0 Å². The fourth-order valence-corrected chi connectivity index (χ4v) is 4.17. The van der Waals surface area contributed by atoms with Gasteiger partial charge in [-0.3, -0.25) is 5.43 Å². The maximum Gasteiger partial charge on any atom is 0.160 e. The lowest BCUT2D eigenvalue weighted by molar-refractivity contribution is 0.122. The summed E-state index contributed by atoms with van der Waals surface area (Å²) in [7, 11) is 0. The number of hydrazone groups is 1. The molecule has 5 aromatic rings. The summed E-state index contributed by atoms with van der Waals surface area (Å²) in [5.41, 5.74) is 7.89. The van der Waals surface area contributed by atoms with Gasteiger partial charge < -0.3 is 14.6 Å². The van der Waals surface area contributed by atoms with Gasteiger partial charge in [0.05, 0.1) is 30.6 Å². The number of H-pyrrole nitrogens is 1. The average Bonchev–Trinajstić information content (AvgIpc) is 3.52. The van der Waals surface area contributed by atoms with Gasteiger partial charge in [-0.15, -0.1) is 0 Å². The van der Waals surface area contributed by atoms with Crippen molar-refractivity contribution >= 4 is 34.4 Å². The van der Waals surface area contributed by atoms with E-state index in [1.165, 1.54) is 0 Å². The summed E-state index contributed by atoms with van der Waals surface area (Å²) in [4.78, 5) is 10.3. The topological polar surface area (TPSA) is 82.8 Å². The highest BCUT2D eigenvalue weighted by Crippen LogP contribution is 2.26. The van der Waals surface area contributed by atoms with Crippen molar-refractivity contribution in [2.45, 2.75) is 0 Å². The van der Waals surface area contributed by atoms with Gasteiger partial charge in [0.25, 0.3) is 0 Å². The molecule has 4 heterocycles. The summed E-state index contributed by atoms with van der Waals surface area (Å²) in [6, 6.07) is 22.3. The van der Waals surface area contributed by atoms with Crippen molar-refractivity contribution in [1.82, 2.24) is 19.6 Å². The van der Waals surface area contributed by atoms with Crippen LogP contribution in [-0.4, -0.2) is 52.1 Å². The highest BCUT2D eigenvalue weighted by Gasteiger charge is 2.18. The van der Waals surface area contributed by atoms with Gasteiger partial charge in [0.1, 0.15) is 5.82 Å². The number of hydrogen-bond acceptors (Lipinski definition) is 6. The van der Waals surface area contributed by atoms with Gasteiger partial charge in [-0.1, -0.05) is 48.5 Å². The van der Waals surface area contributed by atoms with E-state index in [1.54, 1.807) is 0 Å². The number of hydrogen-bond donors (Lipinski definition) is 2. The highest BCUT2D eigenvalue weighted by atomic mass is 16.5. The zero-order valence-electron chi connectivity index (χ0n) is 18.0. The van der Waals surface area contributed by atoms with Crippen molar-refractivity contribution in [1.29, 1.82) is 0 Å². The van der Waals surface area contributed by atoms with Crippen molar-refractivity contribution in [2.75, 3.05) is 36.6 Å². The first-order chi connectivity index (χ1) is 16.3. The minimum absolute atomic E-state index is 0.665. The molecule has 8 nitrogen and oxygen atoms in total. The molecule has 0 bridgehead atoms. The Kier molecular flexibility index (Phi) is 4.97. The molecule has 1 fully saturated rings. The number of nitrogens with one attached hydrogen (secondary N) is 2. The number of ether oxygens (including phenoxy) is 1. The van der Waals surface area contributed by atoms with E-state index >= 15 is 0 Å². The molecule has 0 radical (unpaired) electrons. The Bertz CT molecular complexity index is 1430. The van der Waals surface area contributed by atoms with Crippen LogP contribution in [0.15, 0.2) is 78.0 Å². The summed E-state index contributed by atoms with van der Waals surface area (Å²) in [5, 5.41) is 10.5. The predicted octanol–water partition coefficient (Wildman–Crippen LogP) is 4.16. The van der Waals surface area contributed by atoms with Crippen LogP contribution in [0.5, 0.6) is 0 Å². The highest BCUT2D eigenvalue weighted by molar-refractivity contribution is 5.97. The second-order valence-electron chi connectivity index (χ2n) is 7.92. The van der Waals surface area contributed by atoms with Gasteiger partial charge in [0, 0.05) is 47.9 Å². The second-order valence-corrected chi connectivity index (χ2v) is 7.92. The Hall–Kier alpha value is -4.17. The molecule has 3 aromatic heterocycles. The van der Waals surface area contributed by atoms with E-state index in [-0.39, 0.29) is 0 Å². The minimum atomic E-state index is 0.665. The van der Waals surface area contributed by atoms with Gasteiger partial charge in [-0.25, -0.2) is 4.98 Å². The lowest BCUT2D eigenvalue weighted by Gasteiger charge is -2.29. The van der Waals surface area contributed by atoms with Crippen LogP contribution in [0, 0.1) is 0 Å². The van der Waals surface area contributed by atoms with E-state index in [4.69, 9.17) is 14.8 Å². The van der Waals surface area contributed by atoms with E-state index in [9.17, 15) is 0 Å². The first-order valence-corrected chi connectivity index (χ1v) is 11.0. The zero-order chi connectivity index (χ0) is 22.0. The predicted molar refractivity (Wildman–Crippen MR) is 131 cm³/mol. The monoisotopic (exact) mass is 437 g/mol. The number of morpholine rings is 1. The van der Waals surface area contributed by atoms with Crippen LogP contribution < -0.4 is 10.3 Å². The first kappa shape index (κ1) is 19.5. The maximum absolute atomic E-state index is 5.55. The summed E-state index contributed by atoms with van der Waals surface area (Å²) < 4.78 is 7.46. The summed E-state index contributed by atoms with van der Waals surface area (Å²) in [6.45, 7) is 2.99. The molecule has 2 aromatic carbocycles. The zero-order valence-corrected chi connectivity index (χ0v) is 18.0. The lowest BCUT2D eigenvalue weighted by Crippen LogP contribution is -2.37. The number of para-hydroxylation sites is 1. The Morgan fingerprint density at radius 2 is 1.88 bits per heavy atom. The first-order valence-electron chi connectivity index (χ1n) is 11.0. The van der Waals surface area contributed by atoms with E-state index in [1.807, 2.05) is 65.5 Å². The van der Waals surface area contributed by atoms with Crippen molar-refractivity contribution in [3.05, 3.63) is 78.5 Å². The number of fused-ring (bicyclic) bond motifs is 2. The van der Waals surface area contributed by atoms with Gasteiger partial charge in [0.2, 0.25) is 0 Å². The Labute approximate surface area is 190 Å². The van der Waals surface area contributed by atoms with Gasteiger partial charge in [-0.05, 0) is 6.07 Å². The molecule has 0 aliphatic carbocycles. The van der Waals surface area contributed by atoms with Crippen LogP contribution in [-0.2, 0) is 4.74 Å². The molecule has 164 valence electrons. The molecule has 33 heavy (non-hydrogen) atoms. The molecule has 0 saturated carbocycles. The molecule has 0 unspecified atom stereocenters.